The van der Waals surface area contributed by atoms with Crippen LogP contribution in [-0.4, -0.2) is 56.1 Å². The van der Waals surface area contributed by atoms with Crippen LogP contribution in [0.15, 0.2) is 6.07 Å². The molecule has 0 saturated heterocycles. The smallest absolute Gasteiger partial charge is 0.326 e. The molecule has 1 aromatic carbocycles. The van der Waals surface area contributed by atoms with Gasteiger partial charge in [-0.15, -0.1) is 0 Å². The summed E-state index contributed by atoms with van der Waals surface area (Å²) in [4.78, 5) is 47.6. The van der Waals surface area contributed by atoms with Gasteiger partial charge >= 0.3 is 11.9 Å². The molecule has 0 aliphatic carbocycles. The second-order valence-corrected chi connectivity index (χ2v) is 6.11. The first kappa shape index (κ1) is 16.7. The largest absolute Gasteiger partial charge is 0.507 e. The van der Waals surface area contributed by atoms with Gasteiger partial charge in [-0.05, 0) is 19.9 Å². The Hall–Kier alpha value is -3.10. The minimum absolute atomic E-state index is 0.0673. The number of phenolic OH excluding ortho intramolecular Hbond substituents is 1. The van der Waals surface area contributed by atoms with Gasteiger partial charge in [0.15, 0.2) is 0 Å². The van der Waals surface area contributed by atoms with Crippen LogP contribution >= 0.6 is 0 Å². The number of benzene rings is 1. The zero-order chi connectivity index (χ0) is 18.6. The zero-order valence-corrected chi connectivity index (χ0v) is 13.3. The van der Waals surface area contributed by atoms with Gasteiger partial charge in [0.25, 0.3) is 11.8 Å². The molecule has 25 heavy (non-hydrogen) atoms. The van der Waals surface area contributed by atoms with Crippen LogP contribution in [-0.2, 0) is 16.0 Å². The van der Waals surface area contributed by atoms with Gasteiger partial charge in [-0.3, -0.25) is 19.3 Å². The number of phenols is 1. The second kappa shape index (κ2) is 5.47. The monoisotopic (exact) mass is 349 g/mol. The van der Waals surface area contributed by atoms with Gasteiger partial charge in [0, 0.05) is 12.0 Å². The highest BCUT2D eigenvalue weighted by Gasteiger charge is 2.46. The lowest BCUT2D eigenvalue weighted by molar-refractivity contribution is -0.144. The van der Waals surface area contributed by atoms with Crippen molar-refractivity contribution in [3.8, 4) is 11.5 Å². The van der Waals surface area contributed by atoms with Crippen LogP contribution in [0.25, 0.3) is 0 Å². The fourth-order valence-corrected chi connectivity index (χ4v) is 3.02. The highest BCUT2D eigenvalue weighted by atomic mass is 16.5. The molecule has 9 heteroatoms. The third-order valence-corrected chi connectivity index (χ3v) is 4.62. The maximum atomic E-state index is 12.4. The molecule has 2 aliphatic heterocycles. The average molecular weight is 349 g/mol. The number of hydrogen-bond acceptors (Lipinski definition) is 6. The number of carbonyl (C=O) groups excluding carboxylic acids is 2. The molecule has 3 N–H and O–H groups in total. The summed E-state index contributed by atoms with van der Waals surface area (Å²) in [6.07, 6.45) is -0.669. The van der Waals surface area contributed by atoms with E-state index in [4.69, 9.17) is 14.9 Å². The molecule has 0 saturated carbocycles. The summed E-state index contributed by atoms with van der Waals surface area (Å²) in [5, 5.41) is 28.5. The molecule has 3 atom stereocenters. The van der Waals surface area contributed by atoms with Crippen LogP contribution in [0.3, 0.4) is 0 Å². The van der Waals surface area contributed by atoms with Crippen molar-refractivity contribution in [2.75, 3.05) is 0 Å². The van der Waals surface area contributed by atoms with E-state index < -0.39 is 47.6 Å². The number of imide groups is 1. The maximum Gasteiger partial charge on any atom is 0.326 e. The number of aliphatic carboxylic acids is 2. The van der Waals surface area contributed by atoms with E-state index in [1.54, 1.807) is 0 Å². The number of amides is 2. The van der Waals surface area contributed by atoms with E-state index in [1.807, 2.05) is 0 Å². The molecule has 0 radical (unpaired) electrons. The Morgan fingerprint density at radius 3 is 2.40 bits per heavy atom. The van der Waals surface area contributed by atoms with Gasteiger partial charge in [-0.25, -0.2) is 4.79 Å². The highest BCUT2D eigenvalue weighted by Crippen LogP contribution is 2.44. The van der Waals surface area contributed by atoms with E-state index in [-0.39, 0.29) is 28.9 Å². The summed E-state index contributed by atoms with van der Waals surface area (Å²) in [6.45, 7) is 2.64. The Balaban J connectivity index is 2.02. The lowest BCUT2D eigenvalue weighted by atomic mass is 9.96. The van der Waals surface area contributed by atoms with Crippen LogP contribution in [0.5, 0.6) is 11.5 Å². The Bertz CT molecular complexity index is 830. The van der Waals surface area contributed by atoms with Crippen molar-refractivity contribution >= 4 is 23.8 Å². The summed E-state index contributed by atoms with van der Waals surface area (Å²) in [5.74, 6) is -5.36. The van der Waals surface area contributed by atoms with Crippen LogP contribution in [0.2, 0.25) is 0 Å². The van der Waals surface area contributed by atoms with Gasteiger partial charge in [0.05, 0.1) is 17.0 Å². The number of hydrogen-bond donors (Lipinski definition) is 3. The van der Waals surface area contributed by atoms with Crippen molar-refractivity contribution in [3.63, 3.8) is 0 Å². The van der Waals surface area contributed by atoms with E-state index in [1.165, 1.54) is 19.9 Å². The lowest BCUT2D eigenvalue weighted by Gasteiger charge is -2.18. The molecule has 0 spiro atoms. The van der Waals surface area contributed by atoms with Gasteiger partial charge in [0.1, 0.15) is 23.6 Å². The molecule has 9 nitrogen and oxygen atoms in total. The quantitative estimate of drug-likeness (QED) is 0.667. The topological polar surface area (TPSA) is 141 Å². The fourth-order valence-electron chi connectivity index (χ4n) is 3.02. The van der Waals surface area contributed by atoms with Crippen molar-refractivity contribution in [2.24, 2.45) is 5.92 Å². The molecular weight excluding hydrogens is 334 g/mol. The molecule has 1 aromatic rings. The highest BCUT2D eigenvalue weighted by molar-refractivity contribution is 6.24. The Labute approximate surface area is 141 Å². The van der Waals surface area contributed by atoms with E-state index in [9.17, 15) is 24.3 Å². The molecule has 0 bridgehead atoms. The summed E-state index contributed by atoms with van der Waals surface area (Å²) in [7, 11) is 0. The molecule has 0 fully saturated rings. The third kappa shape index (κ3) is 2.31. The first-order valence-corrected chi connectivity index (χ1v) is 7.54. The van der Waals surface area contributed by atoms with E-state index in [0.29, 0.717) is 4.90 Å². The number of carbonyl (C=O) groups is 4. The van der Waals surface area contributed by atoms with Gasteiger partial charge in [-0.1, -0.05) is 0 Å². The second-order valence-electron chi connectivity index (χ2n) is 6.11. The normalized spacial score (nSPS) is 20.7. The van der Waals surface area contributed by atoms with Crippen molar-refractivity contribution in [1.29, 1.82) is 0 Å². The van der Waals surface area contributed by atoms with Crippen LogP contribution < -0.4 is 4.74 Å². The van der Waals surface area contributed by atoms with Gasteiger partial charge in [0.2, 0.25) is 0 Å². The van der Waals surface area contributed by atoms with Crippen molar-refractivity contribution in [3.05, 3.63) is 22.8 Å². The van der Waals surface area contributed by atoms with Crippen LogP contribution in [0.1, 0.15) is 40.1 Å². The number of rotatable bonds is 4. The number of carboxylic acids is 2. The molecule has 0 aromatic heterocycles. The Morgan fingerprint density at radius 2 is 1.84 bits per heavy atom. The number of aromatic hydroxyl groups is 1. The van der Waals surface area contributed by atoms with Crippen molar-refractivity contribution < 1.29 is 39.2 Å². The molecule has 2 heterocycles. The summed E-state index contributed by atoms with van der Waals surface area (Å²) < 4.78 is 5.52. The number of fused-ring (bicyclic) bond motifs is 2. The summed E-state index contributed by atoms with van der Waals surface area (Å²) >= 11 is 0. The summed E-state index contributed by atoms with van der Waals surface area (Å²) in [5.41, 5.74) is -0.190. The first-order valence-electron chi connectivity index (χ1n) is 7.54. The van der Waals surface area contributed by atoms with Crippen molar-refractivity contribution in [2.45, 2.75) is 32.4 Å². The standard InChI is InChI=1S/C16H15NO8/c1-5(15(21)22)9-3-7-10(25-9)4-8-11(12(7)18)14(20)17(13(8)19)6(2)16(23)24/h4-6,9,18H,3H2,1-2H3,(H,21,22)(H,23,24)/t5-,6?,9+/m1/s1. The number of ether oxygens (including phenoxy) is 1. The molecule has 1 unspecified atom stereocenters. The fraction of sp³-hybridized carbons (Fsp3) is 0.375. The SMILES string of the molecule is CC(C(=O)O)N1C(=O)c2cc3c(c(O)c2C1=O)C[C@@H]([C@@H](C)C(=O)O)O3. The van der Waals surface area contributed by atoms with Crippen molar-refractivity contribution in [1.82, 2.24) is 4.90 Å². The Morgan fingerprint density at radius 1 is 1.20 bits per heavy atom. The molecule has 132 valence electrons. The Kier molecular flexibility index (Phi) is 3.66. The summed E-state index contributed by atoms with van der Waals surface area (Å²) in [6, 6.07) is -0.129. The van der Waals surface area contributed by atoms with E-state index in [2.05, 4.69) is 0 Å². The van der Waals surface area contributed by atoms with Gasteiger partial charge in [-0.2, -0.15) is 0 Å². The minimum atomic E-state index is -1.39. The lowest BCUT2D eigenvalue weighted by Crippen LogP contribution is -2.42. The number of carboxylic acid groups (broad SMARTS) is 2. The molecular formula is C16H15NO8. The average Bonchev–Trinajstić information content (AvgIpc) is 3.07. The molecule has 2 amide bonds. The molecule has 2 aliphatic rings. The number of nitrogens with zero attached hydrogens (tertiary/aromatic N) is 1. The van der Waals surface area contributed by atoms with Gasteiger partial charge < -0.3 is 20.1 Å². The first-order chi connectivity index (χ1) is 11.6. The van der Waals surface area contributed by atoms with E-state index in [0.717, 1.165) is 0 Å². The van der Waals surface area contributed by atoms with Crippen LogP contribution in [0.4, 0.5) is 0 Å². The molecule has 3 rings (SSSR count). The predicted molar refractivity (Wildman–Crippen MR) is 80.6 cm³/mol. The maximum absolute atomic E-state index is 12.4. The van der Waals surface area contributed by atoms with Crippen LogP contribution in [0, 0.1) is 5.92 Å². The minimum Gasteiger partial charge on any atom is -0.507 e. The van der Waals surface area contributed by atoms with E-state index >= 15 is 0 Å². The third-order valence-electron chi connectivity index (χ3n) is 4.62. The zero-order valence-electron chi connectivity index (χ0n) is 13.3. The predicted octanol–water partition coefficient (Wildman–Crippen LogP) is 0.485.